The third-order valence-corrected chi connectivity index (χ3v) is 4.94. The molecule has 14 heteroatoms. The number of H-pyrrole nitrogens is 1. The monoisotopic (exact) mass is 470 g/mol. The molecule has 0 aliphatic rings. The second-order valence-corrected chi connectivity index (χ2v) is 7.50. The van der Waals surface area contributed by atoms with Crippen molar-refractivity contribution in [1.82, 2.24) is 25.9 Å². The van der Waals surface area contributed by atoms with Gasteiger partial charge in [-0.15, -0.1) is 0 Å². The molecule has 0 aromatic carbocycles. The molecule has 0 aliphatic carbocycles. The van der Waals surface area contributed by atoms with Crippen LogP contribution < -0.4 is 21.7 Å². The van der Waals surface area contributed by atoms with Gasteiger partial charge in [0.25, 0.3) is 0 Å². The molecule has 1 aromatic rings. The molecular formula is C19H30N6O8. The molecule has 184 valence electrons. The van der Waals surface area contributed by atoms with Crippen LogP contribution in [0.3, 0.4) is 0 Å². The number of hydrogen-bond acceptors (Lipinski definition) is 8. The zero-order chi connectivity index (χ0) is 25.1. The lowest BCUT2D eigenvalue weighted by Crippen LogP contribution is -2.59. The number of nitrogens with two attached hydrogens (primary N) is 1. The lowest BCUT2D eigenvalue weighted by molar-refractivity contribution is -0.144. The number of aliphatic carboxylic acids is 2. The molecule has 33 heavy (non-hydrogen) atoms. The first-order chi connectivity index (χ1) is 15.5. The Kier molecular flexibility index (Phi) is 10.9. The number of carboxylic acids is 2. The summed E-state index contributed by atoms with van der Waals surface area (Å²) in [5.74, 6) is -6.00. The molecule has 0 spiro atoms. The largest absolute Gasteiger partial charge is 0.481 e. The van der Waals surface area contributed by atoms with Crippen LogP contribution in [0.5, 0.6) is 0 Å². The Bertz CT molecular complexity index is 830. The zero-order valence-corrected chi connectivity index (χ0v) is 18.3. The molecule has 5 atom stereocenters. The Morgan fingerprint density at radius 1 is 1.06 bits per heavy atom. The normalized spacial score (nSPS) is 15.4. The summed E-state index contributed by atoms with van der Waals surface area (Å²) < 4.78 is 0. The number of aromatic nitrogens is 2. The molecule has 0 radical (unpaired) electrons. The molecular weight excluding hydrogens is 440 g/mol. The quantitative estimate of drug-likeness (QED) is 0.140. The summed E-state index contributed by atoms with van der Waals surface area (Å²) >= 11 is 0. The number of nitrogens with one attached hydrogen (secondary N) is 4. The van der Waals surface area contributed by atoms with Gasteiger partial charge in [-0.2, -0.15) is 0 Å². The third-order valence-electron chi connectivity index (χ3n) is 4.94. The van der Waals surface area contributed by atoms with Gasteiger partial charge in [0.1, 0.15) is 18.1 Å². The van der Waals surface area contributed by atoms with Crippen molar-refractivity contribution in [2.45, 2.75) is 57.3 Å². The lowest BCUT2D eigenvalue weighted by atomic mass is 9.99. The molecule has 3 amide bonds. The van der Waals surface area contributed by atoms with Crippen LogP contribution in [0.25, 0.3) is 0 Å². The number of carbonyl (C=O) groups is 5. The smallest absolute Gasteiger partial charge is 0.326 e. The summed E-state index contributed by atoms with van der Waals surface area (Å²) in [6, 6.07) is -5.56. The van der Waals surface area contributed by atoms with Gasteiger partial charge >= 0.3 is 11.9 Å². The van der Waals surface area contributed by atoms with Gasteiger partial charge in [0.05, 0.1) is 25.4 Å². The number of carboxylic acid groups (broad SMARTS) is 2. The van der Waals surface area contributed by atoms with E-state index < -0.39 is 72.8 Å². The highest BCUT2D eigenvalue weighted by Crippen LogP contribution is 2.08. The maximum atomic E-state index is 12.6. The third kappa shape index (κ3) is 8.86. The first-order valence-electron chi connectivity index (χ1n) is 10.2. The maximum absolute atomic E-state index is 12.6. The molecule has 9 N–H and O–H groups in total. The van der Waals surface area contributed by atoms with Crippen LogP contribution in [0.1, 0.15) is 32.4 Å². The second-order valence-electron chi connectivity index (χ2n) is 7.50. The van der Waals surface area contributed by atoms with Gasteiger partial charge in [0.15, 0.2) is 0 Å². The summed E-state index contributed by atoms with van der Waals surface area (Å²) in [4.78, 5) is 66.5. The standard InChI is InChI=1S/C19H30N6O8/c1-3-9(2)15(19(32)33)25-18(31)13(7-26)24-17(30)12(5-14(27)28)23-16(29)11(20)4-10-6-21-8-22-10/h6,8-9,11-13,15,26H,3-5,7,20H2,1-2H3,(H,21,22)(H,23,29)(H,24,30)(H,25,31)(H,27,28)(H,32,33). The highest BCUT2D eigenvalue weighted by Gasteiger charge is 2.32. The van der Waals surface area contributed by atoms with E-state index in [4.69, 9.17) is 10.8 Å². The molecule has 0 bridgehead atoms. The fourth-order valence-electron chi connectivity index (χ4n) is 2.79. The number of amides is 3. The van der Waals surface area contributed by atoms with E-state index in [9.17, 15) is 34.2 Å². The number of imidazole rings is 1. The minimum atomic E-state index is -1.60. The van der Waals surface area contributed by atoms with Crippen LogP contribution in [-0.4, -0.2) is 85.7 Å². The Hall–Kier alpha value is -3.52. The van der Waals surface area contributed by atoms with Gasteiger partial charge in [-0.25, -0.2) is 9.78 Å². The molecule has 14 nitrogen and oxygen atoms in total. The number of aliphatic hydroxyl groups is 1. The minimum absolute atomic E-state index is 0.0428. The van der Waals surface area contributed by atoms with E-state index in [1.54, 1.807) is 13.8 Å². The van der Waals surface area contributed by atoms with Crippen LogP contribution in [-0.2, 0) is 30.4 Å². The molecule has 1 rings (SSSR count). The van der Waals surface area contributed by atoms with Crippen molar-refractivity contribution in [3.63, 3.8) is 0 Å². The fraction of sp³-hybridized carbons (Fsp3) is 0.579. The highest BCUT2D eigenvalue weighted by atomic mass is 16.4. The van der Waals surface area contributed by atoms with E-state index >= 15 is 0 Å². The highest BCUT2D eigenvalue weighted by molar-refractivity contribution is 5.95. The van der Waals surface area contributed by atoms with Crippen molar-refractivity contribution in [3.8, 4) is 0 Å². The first-order valence-corrected chi connectivity index (χ1v) is 10.2. The summed E-state index contributed by atoms with van der Waals surface area (Å²) in [7, 11) is 0. The number of aliphatic hydroxyl groups excluding tert-OH is 1. The van der Waals surface area contributed by atoms with Crippen molar-refractivity contribution in [1.29, 1.82) is 0 Å². The number of hydrogen-bond donors (Lipinski definition) is 8. The Balaban J connectivity index is 2.85. The van der Waals surface area contributed by atoms with Crippen molar-refractivity contribution < 1.29 is 39.3 Å². The van der Waals surface area contributed by atoms with E-state index in [1.807, 2.05) is 0 Å². The minimum Gasteiger partial charge on any atom is -0.481 e. The van der Waals surface area contributed by atoms with Crippen molar-refractivity contribution in [3.05, 3.63) is 18.2 Å². The van der Waals surface area contributed by atoms with Crippen molar-refractivity contribution in [2.75, 3.05) is 6.61 Å². The number of carbonyl (C=O) groups excluding carboxylic acids is 3. The van der Waals surface area contributed by atoms with Crippen molar-refractivity contribution >= 4 is 29.7 Å². The molecule has 0 fully saturated rings. The molecule has 5 unspecified atom stereocenters. The summed E-state index contributed by atoms with van der Waals surface area (Å²) in [5.41, 5.74) is 6.33. The second kappa shape index (κ2) is 13.1. The Morgan fingerprint density at radius 2 is 1.67 bits per heavy atom. The van der Waals surface area contributed by atoms with Gasteiger partial charge in [-0.1, -0.05) is 20.3 Å². The molecule has 1 heterocycles. The van der Waals surface area contributed by atoms with E-state index in [-0.39, 0.29) is 6.42 Å². The topological polar surface area (TPSA) is 237 Å². The van der Waals surface area contributed by atoms with Crippen molar-refractivity contribution in [2.24, 2.45) is 11.7 Å². The predicted octanol–water partition coefficient (Wildman–Crippen LogP) is -2.67. The fourth-order valence-corrected chi connectivity index (χ4v) is 2.79. The van der Waals surface area contributed by atoms with Crippen LogP contribution in [0, 0.1) is 5.92 Å². The van der Waals surface area contributed by atoms with Gasteiger partial charge in [0.2, 0.25) is 17.7 Å². The predicted molar refractivity (Wildman–Crippen MR) is 112 cm³/mol. The van der Waals surface area contributed by atoms with E-state index in [1.165, 1.54) is 12.5 Å². The summed E-state index contributed by atoms with van der Waals surface area (Å²) in [5, 5.41) is 34.5. The molecule has 0 saturated heterocycles. The van der Waals surface area contributed by atoms with Gasteiger partial charge in [-0.05, 0) is 5.92 Å². The average molecular weight is 470 g/mol. The van der Waals surface area contributed by atoms with Crippen LogP contribution in [0.15, 0.2) is 12.5 Å². The van der Waals surface area contributed by atoms with Gasteiger partial charge in [0, 0.05) is 18.3 Å². The van der Waals surface area contributed by atoms with E-state index in [0.29, 0.717) is 12.1 Å². The molecule has 0 saturated carbocycles. The SMILES string of the molecule is CCC(C)C(NC(=O)C(CO)NC(=O)C(CC(=O)O)NC(=O)C(N)Cc1cnc[nH]1)C(=O)O. The van der Waals surface area contributed by atoms with Crippen LogP contribution >= 0.6 is 0 Å². The average Bonchev–Trinajstić information content (AvgIpc) is 3.26. The van der Waals surface area contributed by atoms with Crippen LogP contribution in [0.4, 0.5) is 0 Å². The molecule has 0 aliphatic heterocycles. The van der Waals surface area contributed by atoms with E-state index in [2.05, 4.69) is 25.9 Å². The molecule has 1 aromatic heterocycles. The zero-order valence-electron chi connectivity index (χ0n) is 18.3. The number of rotatable bonds is 14. The van der Waals surface area contributed by atoms with E-state index in [0.717, 1.165) is 0 Å². The summed E-state index contributed by atoms with van der Waals surface area (Å²) in [6.07, 6.45) is 2.50. The number of nitrogens with zero attached hydrogens (tertiary/aromatic N) is 1. The summed E-state index contributed by atoms with van der Waals surface area (Å²) in [6.45, 7) is 2.45. The van der Waals surface area contributed by atoms with Crippen LogP contribution in [0.2, 0.25) is 0 Å². The Labute approximate surface area is 189 Å². The maximum Gasteiger partial charge on any atom is 0.326 e. The Morgan fingerprint density at radius 3 is 2.15 bits per heavy atom. The van der Waals surface area contributed by atoms with Gasteiger partial charge < -0.3 is 42.0 Å². The van der Waals surface area contributed by atoms with Gasteiger partial charge in [-0.3, -0.25) is 19.2 Å². The number of aromatic amines is 1. The lowest BCUT2D eigenvalue weighted by Gasteiger charge is -2.25. The first kappa shape index (κ1) is 27.5.